The van der Waals surface area contributed by atoms with Crippen LogP contribution < -0.4 is 10.6 Å². The highest BCUT2D eigenvalue weighted by atomic mass is 16.6. The van der Waals surface area contributed by atoms with Crippen molar-refractivity contribution in [3.05, 3.63) is 46.2 Å². The molecule has 8 heteroatoms. The van der Waals surface area contributed by atoms with E-state index in [0.29, 0.717) is 19.6 Å². The highest BCUT2D eigenvalue weighted by Crippen LogP contribution is 2.23. The molecule has 0 saturated carbocycles. The molecule has 0 aromatic heterocycles. The molecule has 0 spiro atoms. The zero-order valence-corrected chi connectivity index (χ0v) is 12.0. The monoisotopic (exact) mass is 304 g/mol. The molecule has 0 heterocycles. The molecule has 1 aromatic carbocycles. The number of nitro benzene ring substituents is 1. The Morgan fingerprint density at radius 3 is 2.86 bits per heavy atom. The van der Waals surface area contributed by atoms with Crippen LogP contribution in [-0.2, 0) is 9.53 Å². The Morgan fingerprint density at radius 1 is 1.50 bits per heavy atom. The molecule has 0 aliphatic heterocycles. The smallest absolute Gasteiger partial charge is 0.292 e. The van der Waals surface area contributed by atoms with Crippen molar-refractivity contribution < 1.29 is 14.5 Å². The first-order chi connectivity index (χ1) is 10.6. The molecule has 22 heavy (non-hydrogen) atoms. The van der Waals surface area contributed by atoms with Crippen LogP contribution in [0.3, 0.4) is 0 Å². The molecule has 1 rings (SSSR count). The van der Waals surface area contributed by atoms with E-state index in [1.54, 1.807) is 19.2 Å². The van der Waals surface area contributed by atoms with Crippen LogP contribution in [0.15, 0.2) is 36.0 Å². The molecule has 0 bridgehead atoms. The standard InChI is InChI=1S/C14H16N4O4/c1-22-8-4-7-16-14(19)11(9-15)10-17-12-5-2-3-6-13(12)18(20)21/h2-3,5-6,10,17H,4,7-8H2,1H3,(H,16,19)/b11-10-. The summed E-state index contributed by atoms with van der Waals surface area (Å²) in [5, 5.41) is 25.0. The van der Waals surface area contributed by atoms with E-state index in [1.807, 2.05) is 0 Å². The maximum absolute atomic E-state index is 11.8. The fourth-order valence-electron chi connectivity index (χ4n) is 1.57. The van der Waals surface area contributed by atoms with Crippen LogP contribution in [0.2, 0.25) is 0 Å². The Labute approximate surface area is 127 Å². The maximum atomic E-state index is 11.8. The van der Waals surface area contributed by atoms with E-state index in [-0.39, 0.29) is 16.9 Å². The average molecular weight is 304 g/mol. The summed E-state index contributed by atoms with van der Waals surface area (Å²) in [6, 6.07) is 7.70. The number of ether oxygens (including phenoxy) is 1. The Kier molecular flexibility index (Phi) is 7.08. The molecule has 0 radical (unpaired) electrons. The number of carbonyl (C=O) groups excluding carboxylic acids is 1. The summed E-state index contributed by atoms with van der Waals surface area (Å²) in [6.45, 7) is 0.873. The first kappa shape index (κ1) is 17.1. The van der Waals surface area contributed by atoms with Gasteiger partial charge in [-0.2, -0.15) is 5.26 Å². The van der Waals surface area contributed by atoms with E-state index >= 15 is 0 Å². The van der Waals surface area contributed by atoms with Crippen LogP contribution in [0.5, 0.6) is 0 Å². The molecule has 2 N–H and O–H groups in total. The average Bonchev–Trinajstić information content (AvgIpc) is 2.52. The van der Waals surface area contributed by atoms with Crippen molar-refractivity contribution in [1.82, 2.24) is 5.32 Å². The molecule has 0 aliphatic rings. The minimum absolute atomic E-state index is 0.142. The van der Waals surface area contributed by atoms with Gasteiger partial charge in [0.1, 0.15) is 17.3 Å². The first-order valence-electron chi connectivity index (χ1n) is 6.47. The Hall–Kier alpha value is -2.92. The van der Waals surface area contributed by atoms with Crippen molar-refractivity contribution in [2.75, 3.05) is 25.6 Å². The van der Waals surface area contributed by atoms with Crippen LogP contribution in [0.4, 0.5) is 11.4 Å². The predicted molar refractivity (Wildman–Crippen MR) is 79.9 cm³/mol. The van der Waals surface area contributed by atoms with E-state index in [0.717, 1.165) is 6.20 Å². The number of amides is 1. The molecular formula is C14H16N4O4. The van der Waals surface area contributed by atoms with Gasteiger partial charge in [-0.15, -0.1) is 0 Å². The van der Waals surface area contributed by atoms with Gasteiger partial charge in [0.05, 0.1) is 4.92 Å². The van der Waals surface area contributed by atoms with Crippen molar-refractivity contribution >= 4 is 17.3 Å². The van der Waals surface area contributed by atoms with Gasteiger partial charge in [0.2, 0.25) is 0 Å². The van der Waals surface area contributed by atoms with E-state index < -0.39 is 10.8 Å². The topological polar surface area (TPSA) is 117 Å². The molecule has 0 unspecified atom stereocenters. The Balaban J connectivity index is 2.72. The van der Waals surface area contributed by atoms with Crippen LogP contribution in [-0.4, -0.2) is 31.1 Å². The number of rotatable bonds is 8. The SMILES string of the molecule is COCCCNC(=O)/C(C#N)=C\Nc1ccccc1[N+](=O)[O-]. The van der Waals surface area contributed by atoms with Gasteiger partial charge in [0, 0.05) is 32.5 Å². The first-order valence-corrected chi connectivity index (χ1v) is 6.47. The maximum Gasteiger partial charge on any atom is 0.292 e. The molecule has 1 aromatic rings. The van der Waals surface area contributed by atoms with Gasteiger partial charge < -0.3 is 15.4 Å². The molecule has 0 atom stereocenters. The van der Waals surface area contributed by atoms with Gasteiger partial charge in [0.15, 0.2) is 0 Å². The number of para-hydroxylation sites is 2. The molecule has 0 saturated heterocycles. The third-order valence-electron chi connectivity index (χ3n) is 2.65. The number of hydrogen-bond donors (Lipinski definition) is 2. The summed E-state index contributed by atoms with van der Waals surface area (Å²) in [5.41, 5.74) is -0.112. The number of nitrogens with zero attached hydrogens (tertiary/aromatic N) is 2. The number of nitrogens with one attached hydrogen (secondary N) is 2. The molecule has 0 fully saturated rings. The Bertz CT molecular complexity index is 607. The number of hydrogen-bond acceptors (Lipinski definition) is 6. The van der Waals surface area contributed by atoms with Gasteiger partial charge in [-0.25, -0.2) is 0 Å². The summed E-state index contributed by atoms with van der Waals surface area (Å²) in [5.74, 6) is -0.551. The lowest BCUT2D eigenvalue weighted by molar-refractivity contribution is -0.383. The summed E-state index contributed by atoms with van der Waals surface area (Å²) in [7, 11) is 1.55. The summed E-state index contributed by atoms with van der Waals surface area (Å²) >= 11 is 0. The minimum Gasteiger partial charge on any atom is -0.385 e. The minimum atomic E-state index is -0.551. The fourth-order valence-corrected chi connectivity index (χ4v) is 1.57. The zero-order valence-electron chi connectivity index (χ0n) is 12.0. The number of benzene rings is 1. The Morgan fingerprint density at radius 2 is 2.23 bits per heavy atom. The van der Waals surface area contributed by atoms with Crippen LogP contribution in [0, 0.1) is 21.4 Å². The zero-order chi connectivity index (χ0) is 16.4. The second-order valence-electron chi connectivity index (χ2n) is 4.19. The van der Waals surface area contributed by atoms with E-state index in [9.17, 15) is 14.9 Å². The lowest BCUT2D eigenvalue weighted by Crippen LogP contribution is -2.26. The van der Waals surface area contributed by atoms with Crippen molar-refractivity contribution in [2.24, 2.45) is 0 Å². The van der Waals surface area contributed by atoms with E-state index in [4.69, 9.17) is 10.00 Å². The summed E-state index contributed by atoms with van der Waals surface area (Å²) in [4.78, 5) is 22.1. The number of anilines is 1. The van der Waals surface area contributed by atoms with Crippen molar-refractivity contribution in [3.63, 3.8) is 0 Å². The third kappa shape index (κ3) is 5.22. The van der Waals surface area contributed by atoms with Crippen molar-refractivity contribution in [3.8, 4) is 6.07 Å². The number of carbonyl (C=O) groups is 1. The second-order valence-corrected chi connectivity index (χ2v) is 4.19. The summed E-state index contributed by atoms with van der Waals surface area (Å²) < 4.78 is 4.84. The molecule has 0 aliphatic carbocycles. The quantitative estimate of drug-likeness (QED) is 0.247. The van der Waals surface area contributed by atoms with Crippen LogP contribution in [0.1, 0.15) is 6.42 Å². The molecular weight excluding hydrogens is 288 g/mol. The fraction of sp³-hybridized carbons (Fsp3) is 0.286. The lowest BCUT2D eigenvalue weighted by atomic mass is 10.2. The largest absolute Gasteiger partial charge is 0.385 e. The van der Waals surface area contributed by atoms with Gasteiger partial charge >= 0.3 is 0 Å². The van der Waals surface area contributed by atoms with Gasteiger partial charge in [-0.05, 0) is 12.5 Å². The normalized spacial score (nSPS) is 10.6. The number of methoxy groups -OCH3 is 1. The predicted octanol–water partition coefficient (Wildman–Crippen LogP) is 1.57. The van der Waals surface area contributed by atoms with Crippen LogP contribution in [0.25, 0.3) is 0 Å². The van der Waals surface area contributed by atoms with Gasteiger partial charge in [-0.3, -0.25) is 14.9 Å². The highest BCUT2D eigenvalue weighted by molar-refractivity contribution is 5.97. The van der Waals surface area contributed by atoms with E-state index in [1.165, 1.54) is 18.2 Å². The molecule has 1 amide bonds. The third-order valence-corrected chi connectivity index (χ3v) is 2.65. The van der Waals surface area contributed by atoms with Crippen LogP contribution >= 0.6 is 0 Å². The molecule has 116 valence electrons. The van der Waals surface area contributed by atoms with Crippen molar-refractivity contribution in [1.29, 1.82) is 5.26 Å². The highest BCUT2D eigenvalue weighted by Gasteiger charge is 2.13. The van der Waals surface area contributed by atoms with E-state index in [2.05, 4.69) is 10.6 Å². The second kappa shape index (κ2) is 9.10. The summed E-state index contributed by atoms with van der Waals surface area (Å²) in [6.07, 6.45) is 1.77. The number of nitro groups is 1. The number of nitriles is 1. The van der Waals surface area contributed by atoms with Gasteiger partial charge in [-0.1, -0.05) is 12.1 Å². The molecule has 8 nitrogen and oxygen atoms in total. The van der Waals surface area contributed by atoms with Crippen molar-refractivity contribution in [2.45, 2.75) is 6.42 Å². The van der Waals surface area contributed by atoms with Gasteiger partial charge in [0.25, 0.3) is 11.6 Å². The lowest BCUT2D eigenvalue weighted by Gasteiger charge is -2.05.